The standard InChI is InChI=1S/C8H10ClNOS/c1-2-7-5-3-4-6-8(7)12(9,10)11/h3-6,10H,2H2,1H3. The van der Waals surface area contributed by atoms with Gasteiger partial charge in [0.05, 0.1) is 4.90 Å². The first-order valence-corrected chi connectivity index (χ1v) is 6.00. The molecular weight excluding hydrogens is 194 g/mol. The van der Waals surface area contributed by atoms with Crippen LogP contribution in [0.3, 0.4) is 0 Å². The van der Waals surface area contributed by atoms with Crippen molar-refractivity contribution in [3.8, 4) is 0 Å². The van der Waals surface area contributed by atoms with Gasteiger partial charge in [-0.1, -0.05) is 25.1 Å². The van der Waals surface area contributed by atoms with Crippen molar-refractivity contribution in [2.45, 2.75) is 18.2 Å². The summed E-state index contributed by atoms with van der Waals surface area (Å²) in [5, 5.41) is 0. The van der Waals surface area contributed by atoms with E-state index in [9.17, 15) is 4.21 Å². The van der Waals surface area contributed by atoms with Crippen LogP contribution in [-0.2, 0) is 15.4 Å². The van der Waals surface area contributed by atoms with Crippen molar-refractivity contribution in [1.29, 1.82) is 4.78 Å². The van der Waals surface area contributed by atoms with Crippen LogP contribution < -0.4 is 0 Å². The minimum atomic E-state index is -3.07. The second kappa shape index (κ2) is 3.46. The molecule has 4 heteroatoms. The van der Waals surface area contributed by atoms with E-state index in [-0.39, 0.29) is 0 Å². The summed E-state index contributed by atoms with van der Waals surface area (Å²) < 4.78 is 18.4. The van der Waals surface area contributed by atoms with E-state index in [4.69, 9.17) is 15.5 Å². The van der Waals surface area contributed by atoms with E-state index in [1.807, 2.05) is 19.1 Å². The zero-order valence-electron chi connectivity index (χ0n) is 6.71. The molecule has 0 aromatic heterocycles. The van der Waals surface area contributed by atoms with Crippen LogP contribution in [0.2, 0.25) is 0 Å². The van der Waals surface area contributed by atoms with E-state index in [1.165, 1.54) is 0 Å². The number of nitrogens with one attached hydrogen (secondary N) is 1. The maximum Gasteiger partial charge on any atom is 0.156 e. The number of hydrogen-bond donors (Lipinski definition) is 1. The molecule has 0 saturated heterocycles. The number of benzene rings is 1. The molecular formula is C8H10ClNOS. The molecule has 0 radical (unpaired) electrons. The van der Waals surface area contributed by atoms with E-state index in [2.05, 4.69) is 0 Å². The Morgan fingerprint density at radius 1 is 1.50 bits per heavy atom. The fraction of sp³-hybridized carbons (Fsp3) is 0.250. The Labute approximate surface area is 77.0 Å². The van der Waals surface area contributed by atoms with Crippen LogP contribution in [0, 0.1) is 4.78 Å². The predicted octanol–water partition coefficient (Wildman–Crippen LogP) is 2.81. The van der Waals surface area contributed by atoms with E-state index in [0.717, 1.165) is 12.0 Å². The quantitative estimate of drug-likeness (QED) is 0.738. The van der Waals surface area contributed by atoms with Gasteiger partial charge in [0.1, 0.15) is 0 Å². The lowest BCUT2D eigenvalue weighted by molar-refractivity contribution is 0.683. The number of rotatable bonds is 2. The van der Waals surface area contributed by atoms with Gasteiger partial charge in [-0.05, 0) is 18.1 Å². The summed E-state index contributed by atoms with van der Waals surface area (Å²) in [7, 11) is 2.36. The first-order valence-electron chi connectivity index (χ1n) is 3.62. The monoisotopic (exact) mass is 203 g/mol. The highest BCUT2D eigenvalue weighted by Crippen LogP contribution is 2.20. The van der Waals surface area contributed by atoms with E-state index >= 15 is 0 Å². The molecule has 1 atom stereocenters. The van der Waals surface area contributed by atoms with Gasteiger partial charge in [0.15, 0.2) is 8.94 Å². The number of halogens is 1. The molecule has 1 aromatic rings. The highest BCUT2D eigenvalue weighted by atomic mass is 35.7. The second-order valence-corrected chi connectivity index (χ2v) is 5.16. The largest absolute Gasteiger partial charge is 0.236 e. The molecule has 1 unspecified atom stereocenters. The minimum Gasteiger partial charge on any atom is -0.236 e. The van der Waals surface area contributed by atoms with Crippen molar-refractivity contribution in [2.75, 3.05) is 0 Å². The first kappa shape index (κ1) is 9.55. The lowest BCUT2D eigenvalue weighted by Gasteiger charge is -2.04. The Morgan fingerprint density at radius 3 is 2.50 bits per heavy atom. The number of aryl methyl sites for hydroxylation is 1. The van der Waals surface area contributed by atoms with Gasteiger partial charge in [-0.2, -0.15) is 0 Å². The first-order chi connectivity index (χ1) is 5.55. The van der Waals surface area contributed by atoms with Crippen LogP contribution in [0.1, 0.15) is 12.5 Å². The topological polar surface area (TPSA) is 40.9 Å². The lowest BCUT2D eigenvalue weighted by Crippen LogP contribution is -1.94. The van der Waals surface area contributed by atoms with Crippen molar-refractivity contribution in [1.82, 2.24) is 0 Å². The maximum atomic E-state index is 11.2. The average molecular weight is 204 g/mol. The molecule has 0 aliphatic carbocycles. The van der Waals surface area contributed by atoms with Gasteiger partial charge in [0.2, 0.25) is 0 Å². The third-order valence-electron chi connectivity index (χ3n) is 1.64. The fourth-order valence-corrected chi connectivity index (χ4v) is 2.31. The van der Waals surface area contributed by atoms with Gasteiger partial charge in [-0.25, -0.2) is 8.99 Å². The molecule has 0 amide bonds. The highest BCUT2D eigenvalue weighted by Gasteiger charge is 2.08. The molecule has 0 heterocycles. The molecule has 1 N–H and O–H groups in total. The van der Waals surface area contributed by atoms with Crippen LogP contribution in [0.5, 0.6) is 0 Å². The molecule has 0 spiro atoms. The van der Waals surface area contributed by atoms with E-state index in [1.54, 1.807) is 12.1 Å². The minimum absolute atomic E-state index is 0.439. The Bertz CT molecular complexity index is 372. The smallest absolute Gasteiger partial charge is 0.156 e. The Morgan fingerprint density at radius 2 is 2.08 bits per heavy atom. The van der Waals surface area contributed by atoms with Gasteiger partial charge in [-0.15, -0.1) is 0 Å². The van der Waals surface area contributed by atoms with Crippen molar-refractivity contribution in [3.63, 3.8) is 0 Å². The van der Waals surface area contributed by atoms with Crippen LogP contribution in [0.15, 0.2) is 29.2 Å². The van der Waals surface area contributed by atoms with Crippen molar-refractivity contribution < 1.29 is 4.21 Å². The maximum absolute atomic E-state index is 11.2. The highest BCUT2D eigenvalue weighted by molar-refractivity contribution is 8.14. The normalized spacial score (nSPS) is 15.5. The third kappa shape index (κ3) is 1.99. The van der Waals surface area contributed by atoms with Crippen LogP contribution >= 0.6 is 10.7 Å². The van der Waals surface area contributed by atoms with Gasteiger partial charge >= 0.3 is 0 Å². The average Bonchev–Trinajstić information content (AvgIpc) is 2.03. The molecule has 0 bridgehead atoms. The summed E-state index contributed by atoms with van der Waals surface area (Å²) in [4.78, 5) is 0.439. The molecule has 0 aliphatic rings. The summed E-state index contributed by atoms with van der Waals surface area (Å²) in [6.45, 7) is 1.95. The SMILES string of the molecule is CCc1ccccc1S(=N)(=O)Cl. The van der Waals surface area contributed by atoms with E-state index in [0.29, 0.717) is 4.90 Å². The van der Waals surface area contributed by atoms with Crippen molar-refractivity contribution in [2.24, 2.45) is 0 Å². The molecule has 0 saturated carbocycles. The lowest BCUT2D eigenvalue weighted by atomic mass is 10.2. The molecule has 0 fully saturated rings. The second-order valence-electron chi connectivity index (χ2n) is 2.45. The summed E-state index contributed by atoms with van der Waals surface area (Å²) in [5.41, 5.74) is 0.882. The van der Waals surface area contributed by atoms with E-state index < -0.39 is 8.94 Å². The van der Waals surface area contributed by atoms with Crippen LogP contribution in [0.4, 0.5) is 0 Å². The summed E-state index contributed by atoms with van der Waals surface area (Å²) in [5.74, 6) is 0. The van der Waals surface area contributed by atoms with Crippen molar-refractivity contribution in [3.05, 3.63) is 29.8 Å². The number of hydrogen-bond acceptors (Lipinski definition) is 2. The predicted molar refractivity (Wildman–Crippen MR) is 50.8 cm³/mol. The Kier molecular flexibility index (Phi) is 2.75. The molecule has 2 nitrogen and oxygen atoms in total. The Balaban J connectivity index is 3.33. The van der Waals surface area contributed by atoms with Gasteiger partial charge in [0.25, 0.3) is 0 Å². The van der Waals surface area contributed by atoms with Crippen LogP contribution in [-0.4, -0.2) is 4.21 Å². The molecule has 1 aromatic carbocycles. The summed E-state index contributed by atoms with van der Waals surface area (Å²) in [6.07, 6.45) is 0.749. The Hall–Kier alpha value is -0.540. The molecule has 66 valence electrons. The van der Waals surface area contributed by atoms with Gasteiger partial charge in [0, 0.05) is 10.7 Å². The molecule has 1 rings (SSSR count). The summed E-state index contributed by atoms with van der Waals surface area (Å²) in [6, 6.07) is 7.07. The molecule has 12 heavy (non-hydrogen) atoms. The fourth-order valence-electron chi connectivity index (χ4n) is 1.05. The van der Waals surface area contributed by atoms with Gasteiger partial charge in [-0.3, -0.25) is 0 Å². The van der Waals surface area contributed by atoms with Gasteiger partial charge < -0.3 is 0 Å². The third-order valence-corrected chi connectivity index (χ3v) is 3.10. The zero-order valence-corrected chi connectivity index (χ0v) is 8.28. The van der Waals surface area contributed by atoms with Crippen molar-refractivity contribution >= 4 is 19.6 Å². The molecule has 0 aliphatic heterocycles. The van der Waals surface area contributed by atoms with Crippen LogP contribution in [0.25, 0.3) is 0 Å². The summed E-state index contributed by atoms with van der Waals surface area (Å²) >= 11 is 0. The zero-order chi connectivity index (χ0) is 9.19.